The molecule has 5 aromatic rings. The number of halogens is 2. The maximum atomic E-state index is 14.9. The molecule has 5 aromatic carbocycles. The average molecular weight is 782 g/mol. The zero-order chi connectivity index (χ0) is 41.1. The van der Waals surface area contributed by atoms with E-state index in [2.05, 4.69) is 12.5 Å². The van der Waals surface area contributed by atoms with E-state index in [0.717, 1.165) is 50.1 Å². The number of terminal acetylenes is 1. The molecule has 0 bridgehead atoms. The molecule has 290 valence electrons. The third-order valence-corrected chi connectivity index (χ3v) is 12.2. The molecule has 57 heavy (non-hydrogen) atoms. The molecule has 0 fully saturated rings. The van der Waals surface area contributed by atoms with E-state index in [4.69, 9.17) is 15.9 Å². The summed E-state index contributed by atoms with van der Waals surface area (Å²) in [5.41, 5.74) is 8.03. The van der Waals surface area contributed by atoms with Crippen molar-refractivity contribution in [3.05, 3.63) is 201 Å². The molecular weight excluding hydrogens is 737 g/mol. The van der Waals surface area contributed by atoms with E-state index in [1.807, 2.05) is 76.2 Å². The van der Waals surface area contributed by atoms with Crippen LogP contribution in [0.3, 0.4) is 0 Å². The monoisotopic (exact) mass is 781 g/mol. The molecule has 0 N–H and O–H groups in total. The highest BCUT2D eigenvalue weighted by atomic mass is 32.2. The van der Waals surface area contributed by atoms with Gasteiger partial charge in [0, 0.05) is 6.54 Å². The Morgan fingerprint density at radius 3 is 1.58 bits per heavy atom. The first kappa shape index (κ1) is 40.6. The Bertz CT molecular complexity index is 2440. The lowest BCUT2D eigenvalue weighted by molar-refractivity contribution is 0.414. The summed E-state index contributed by atoms with van der Waals surface area (Å²) in [5.74, 6) is 3.02. The molecule has 0 heterocycles. The molecule has 6 rings (SSSR count). The van der Waals surface area contributed by atoms with Crippen molar-refractivity contribution in [3.8, 4) is 23.8 Å². The van der Waals surface area contributed by atoms with E-state index in [1.165, 1.54) is 28.6 Å². The number of methoxy groups -OCH3 is 2. The third-order valence-electron chi connectivity index (χ3n) is 10.4. The maximum absolute atomic E-state index is 14.9. The first-order valence-corrected chi connectivity index (χ1v) is 19.9. The van der Waals surface area contributed by atoms with Gasteiger partial charge in [-0.15, -0.1) is 6.42 Å². The van der Waals surface area contributed by atoms with Crippen molar-refractivity contribution in [2.45, 2.75) is 38.0 Å². The number of rotatable bonds is 13. The highest BCUT2D eigenvalue weighted by molar-refractivity contribution is 7.89. The minimum Gasteiger partial charge on any atom is -0.497 e. The summed E-state index contributed by atoms with van der Waals surface area (Å²) in [6.07, 6.45) is 5.95. The van der Waals surface area contributed by atoms with Crippen LogP contribution in [0.15, 0.2) is 166 Å². The van der Waals surface area contributed by atoms with Crippen LogP contribution in [0.2, 0.25) is 0 Å². The second-order valence-electron chi connectivity index (χ2n) is 14.3. The molecule has 0 saturated heterocycles. The fourth-order valence-corrected chi connectivity index (χ4v) is 9.16. The van der Waals surface area contributed by atoms with Gasteiger partial charge >= 0.3 is 0 Å². The van der Waals surface area contributed by atoms with Gasteiger partial charge in [0.25, 0.3) is 0 Å². The number of allylic oxidation sites excluding steroid dienone is 4. The zero-order valence-corrected chi connectivity index (χ0v) is 33.8. The summed E-state index contributed by atoms with van der Waals surface area (Å²) in [4.78, 5) is 0.103. The molecule has 0 unspecified atom stereocenters. The number of sulfonamides is 1. The van der Waals surface area contributed by atoms with Crippen LogP contribution in [-0.2, 0) is 15.4 Å². The molecule has 0 saturated carbocycles. The minimum absolute atomic E-state index is 0.103. The molecule has 1 aliphatic rings. The Labute approximate surface area is 335 Å². The van der Waals surface area contributed by atoms with Gasteiger partial charge in [0.1, 0.15) is 23.1 Å². The number of hydrogen-bond donors (Lipinski definition) is 0. The maximum Gasteiger partial charge on any atom is 0.244 e. The molecule has 5 nitrogen and oxygen atoms in total. The van der Waals surface area contributed by atoms with Crippen LogP contribution >= 0.6 is 0 Å². The van der Waals surface area contributed by atoms with Crippen molar-refractivity contribution in [2.75, 3.05) is 27.3 Å². The Morgan fingerprint density at radius 1 is 0.737 bits per heavy atom. The average Bonchev–Trinajstić information content (AvgIpc) is 3.20. The SMILES string of the molecule is C#CCN(CC1=C(C(C(=C)C)=C(C)C)C(c2ccc(F)cc2)(c2ccc(F)cc2)C1=C(c1ccc(OC)cc1)c1ccc(OC)cc1)S(=O)(=O)c1ccc(C)cc1. The van der Waals surface area contributed by atoms with E-state index >= 15 is 0 Å². The van der Waals surface area contributed by atoms with E-state index in [-0.39, 0.29) is 18.0 Å². The Hall–Kier alpha value is -6.01. The molecule has 8 heteroatoms. The summed E-state index contributed by atoms with van der Waals surface area (Å²) in [5, 5.41) is 0. The summed E-state index contributed by atoms with van der Waals surface area (Å²) >= 11 is 0. The summed E-state index contributed by atoms with van der Waals surface area (Å²) < 4.78 is 71.6. The Morgan fingerprint density at radius 2 is 1.19 bits per heavy atom. The fraction of sp³-hybridized carbons (Fsp3) is 0.184. The largest absolute Gasteiger partial charge is 0.497 e. The van der Waals surface area contributed by atoms with Crippen LogP contribution in [0.1, 0.15) is 48.6 Å². The number of nitrogens with zero attached hydrogens (tertiary/aromatic N) is 1. The molecule has 1 aliphatic carbocycles. The van der Waals surface area contributed by atoms with Crippen molar-refractivity contribution in [1.29, 1.82) is 0 Å². The van der Waals surface area contributed by atoms with Crippen molar-refractivity contribution in [3.63, 3.8) is 0 Å². The standard InChI is InChI=1S/C49H45F2NO4S/c1-9-30-52(57(53,54)43-28-10-34(6)11-29-43)31-44-47(45(32(2)3)33(4)5)49(37-16-20-39(50)21-17-37,38-18-22-40(51)23-19-38)48(44)46(35-12-24-41(55-7)25-13-35)36-14-26-42(56-8)27-15-36/h1,10-29H,2,30-31H2,3-8H3. The van der Waals surface area contributed by atoms with Crippen molar-refractivity contribution in [1.82, 2.24) is 4.31 Å². The van der Waals surface area contributed by atoms with Crippen LogP contribution in [0, 0.1) is 30.9 Å². The highest BCUT2D eigenvalue weighted by Crippen LogP contribution is 2.63. The van der Waals surface area contributed by atoms with Crippen LogP contribution in [0.4, 0.5) is 8.78 Å². The van der Waals surface area contributed by atoms with Gasteiger partial charge in [-0.1, -0.05) is 89.9 Å². The molecule has 0 aromatic heterocycles. The normalized spacial score (nSPS) is 13.4. The van der Waals surface area contributed by atoms with E-state index in [9.17, 15) is 17.2 Å². The Kier molecular flexibility index (Phi) is 11.8. The summed E-state index contributed by atoms with van der Waals surface area (Å²) in [6, 6.07) is 34.5. The van der Waals surface area contributed by atoms with E-state index in [1.54, 1.807) is 62.8 Å². The van der Waals surface area contributed by atoms with Gasteiger partial charge in [-0.3, -0.25) is 0 Å². The lowest BCUT2D eigenvalue weighted by Crippen LogP contribution is -2.48. The topological polar surface area (TPSA) is 55.8 Å². The predicted molar refractivity (Wildman–Crippen MR) is 225 cm³/mol. The van der Waals surface area contributed by atoms with Crippen molar-refractivity contribution < 1.29 is 26.7 Å². The van der Waals surface area contributed by atoms with Crippen LogP contribution in [-0.4, -0.2) is 40.0 Å². The van der Waals surface area contributed by atoms with Gasteiger partial charge in [-0.05, 0) is 138 Å². The number of hydrogen-bond acceptors (Lipinski definition) is 4. The molecule has 0 aliphatic heterocycles. The number of ether oxygens (including phenoxy) is 2. The van der Waals surface area contributed by atoms with Gasteiger partial charge in [0.2, 0.25) is 10.0 Å². The van der Waals surface area contributed by atoms with Gasteiger partial charge in [-0.25, -0.2) is 17.2 Å². The zero-order valence-electron chi connectivity index (χ0n) is 33.0. The van der Waals surface area contributed by atoms with E-state index in [0.29, 0.717) is 28.2 Å². The van der Waals surface area contributed by atoms with Gasteiger partial charge in [-0.2, -0.15) is 4.31 Å². The number of aryl methyl sites for hydroxylation is 1. The molecular formula is C49H45F2NO4S. The second kappa shape index (κ2) is 16.6. The molecule has 0 atom stereocenters. The molecule has 0 radical (unpaired) electrons. The first-order valence-electron chi connectivity index (χ1n) is 18.4. The molecule has 0 spiro atoms. The summed E-state index contributed by atoms with van der Waals surface area (Å²) in [7, 11) is -0.961. The van der Waals surface area contributed by atoms with Crippen LogP contribution in [0.25, 0.3) is 5.57 Å². The quantitative estimate of drug-likeness (QED) is 0.0882. The first-order chi connectivity index (χ1) is 27.3. The second-order valence-corrected chi connectivity index (χ2v) is 16.2. The lowest BCUT2D eigenvalue weighted by Gasteiger charge is -2.53. The third kappa shape index (κ3) is 7.61. The smallest absolute Gasteiger partial charge is 0.244 e. The minimum atomic E-state index is -4.15. The molecule has 0 amide bonds. The lowest BCUT2D eigenvalue weighted by atomic mass is 9.49. The van der Waals surface area contributed by atoms with Crippen molar-refractivity contribution >= 4 is 15.6 Å². The van der Waals surface area contributed by atoms with E-state index < -0.39 is 27.1 Å². The summed E-state index contributed by atoms with van der Waals surface area (Å²) in [6.45, 7) is 11.8. The highest BCUT2D eigenvalue weighted by Gasteiger charge is 2.55. The van der Waals surface area contributed by atoms with Crippen LogP contribution < -0.4 is 9.47 Å². The Balaban J connectivity index is 1.87. The fourth-order valence-electron chi connectivity index (χ4n) is 7.84. The van der Waals surface area contributed by atoms with Gasteiger partial charge in [0.05, 0.1) is 31.1 Å². The van der Waals surface area contributed by atoms with Gasteiger partial charge in [0.15, 0.2) is 0 Å². The van der Waals surface area contributed by atoms with Crippen molar-refractivity contribution in [2.24, 2.45) is 0 Å². The predicted octanol–water partition coefficient (Wildman–Crippen LogP) is 10.6. The number of benzene rings is 5. The van der Waals surface area contributed by atoms with Crippen LogP contribution in [0.5, 0.6) is 11.5 Å². The van der Waals surface area contributed by atoms with Gasteiger partial charge < -0.3 is 9.47 Å².